The first-order valence-electron chi connectivity index (χ1n) is 11.7. The average molecular weight is 387 g/mol. The lowest BCUT2D eigenvalue weighted by Gasteiger charge is -2.07. The quantitative estimate of drug-likeness (QED) is 0.144. The van der Waals surface area contributed by atoms with E-state index in [0.717, 1.165) is 18.4 Å². The van der Waals surface area contributed by atoms with E-state index in [4.69, 9.17) is 4.74 Å². The largest absolute Gasteiger partial charge is 0.426 e. The predicted octanol–water partition coefficient (Wildman–Crippen LogP) is 8.50. The number of unbranched alkanes of at least 4 members (excludes halogenated alkanes) is 14. The van der Waals surface area contributed by atoms with Gasteiger partial charge in [-0.2, -0.15) is 0 Å². The second-order valence-corrected chi connectivity index (χ2v) is 7.92. The lowest BCUT2D eigenvalue weighted by molar-refractivity contribution is -0.134. The van der Waals surface area contributed by atoms with E-state index < -0.39 is 0 Å². The fraction of sp³-hybridized carbons (Fsp3) is 0.654. The first kappa shape index (κ1) is 24.5. The fourth-order valence-corrected chi connectivity index (χ4v) is 3.56. The molecule has 0 heterocycles. The van der Waals surface area contributed by atoms with Crippen molar-refractivity contribution in [1.29, 1.82) is 0 Å². The molecule has 0 spiro atoms. The van der Waals surface area contributed by atoms with E-state index in [1.165, 1.54) is 83.5 Å². The third-order valence-corrected chi connectivity index (χ3v) is 5.35. The van der Waals surface area contributed by atoms with Crippen molar-refractivity contribution in [2.75, 3.05) is 0 Å². The molecule has 0 aliphatic rings. The summed E-state index contributed by atoms with van der Waals surface area (Å²) >= 11 is 0. The molecular formula is C26H42O2. The molecule has 28 heavy (non-hydrogen) atoms. The minimum atomic E-state index is -0.135. The minimum Gasteiger partial charge on any atom is -0.426 e. The van der Waals surface area contributed by atoms with Gasteiger partial charge in [0.25, 0.3) is 0 Å². The van der Waals surface area contributed by atoms with E-state index in [-0.39, 0.29) is 5.97 Å². The second kappa shape index (κ2) is 17.5. The summed E-state index contributed by atoms with van der Waals surface area (Å²) in [7, 11) is 0. The summed E-state index contributed by atoms with van der Waals surface area (Å²) < 4.78 is 5.45. The Morgan fingerprint density at radius 3 is 1.75 bits per heavy atom. The van der Waals surface area contributed by atoms with Gasteiger partial charge in [-0.15, -0.1) is 0 Å². The molecule has 1 aromatic carbocycles. The van der Waals surface area contributed by atoms with Gasteiger partial charge in [-0.1, -0.05) is 128 Å². The van der Waals surface area contributed by atoms with E-state index in [9.17, 15) is 4.79 Å². The van der Waals surface area contributed by atoms with Gasteiger partial charge in [0.1, 0.15) is 5.75 Å². The number of hydrogen-bond donors (Lipinski definition) is 0. The summed E-state index contributed by atoms with van der Waals surface area (Å²) in [5.41, 5.74) is 0.868. The van der Waals surface area contributed by atoms with E-state index in [1.807, 2.05) is 24.3 Å². The molecule has 0 N–H and O–H groups in total. The monoisotopic (exact) mass is 386 g/mol. The van der Waals surface area contributed by atoms with Crippen LogP contribution in [0.5, 0.6) is 5.75 Å². The van der Waals surface area contributed by atoms with Gasteiger partial charge in [0.15, 0.2) is 0 Å². The Morgan fingerprint density at radius 1 is 0.786 bits per heavy atom. The standard InChI is InChI=1S/C26H42O2/c1-3-5-6-7-8-9-10-11-12-13-14-15-16-17-18-23-26(27)28-25-22-20-19-21-24(25)4-2/h4,19-22H,2-3,5-18,23H2,1H3. The zero-order chi connectivity index (χ0) is 20.3. The van der Waals surface area contributed by atoms with Crippen molar-refractivity contribution in [3.8, 4) is 5.75 Å². The minimum absolute atomic E-state index is 0.135. The van der Waals surface area contributed by atoms with Crippen LogP contribution >= 0.6 is 0 Å². The highest BCUT2D eigenvalue weighted by Gasteiger charge is 2.07. The SMILES string of the molecule is C=Cc1ccccc1OC(=O)CCCCCCCCCCCCCCCCC. The lowest BCUT2D eigenvalue weighted by atomic mass is 10.0. The summed E-state index contributed by atoms with van der Waals surface area (Å²) in [5, 5.41) is 0. The Labute approximate surface area is 173 Å². The van der Waals surface area contributed by atoms with Crippen LogP contribution in [0.1, 0.15) is 115 Å². The van der Waals surface area contributed by atoms with Crippen LogP contribution in [0, 0.1) is 0 Å². The Hall–Kier alpha value is -1.57. The van der Waals surface area contributed by atoms with Gasteiger partial charge in [0.2, 0.25) is 0 Å². The molecule has 0 amide bonds. The lowest BCUT2D eigenvalue weighted by Crippen LogP contribution is -2.08. The number of para-hydroxylation sites is 1. The van der Waals surface area contributed by atoms with Crippen molar-refractivity contribution in [2.45, 2.75) is 110 Å². The highest BCUT2D eigenvalue weighted by molar-refractivity contribution is 5.74. The molecule has 0 bridgehead atoms. The molecule has 2 nitrogen and oxygen atoms in total. The van der Waals surface area contributed by atoms with Crippen molar-refractivity contribution >= 4 is 12.0 Å². The number of ether oxygens (including phenoxy) is 1. The summed E-state index contributed by atoms with van der Waals surface area (Å²) in [6, 6.07) is 7.52. The zero-order valence-corrected chi connectivity index (χ0v) is 18.2. The molecule has 0 aromatic heterocycles. The maximum absolute atomic E-state index is 12.0. The van der Waals surface area contributed by atoms with Crippen LogP contribution in [0.3, 0.4) is 0 Å². The third-order valence-electron chi connectivity index (χ3n) is 5.35. The van der Waals surface area contributed by atoms with Crippen molar-refractivity contribution in [3.05, 3.63) is 36.4 Å². The Balaban J connectivity index is 1.87. The number of hydrogen-bond acceptors (Lipinski definition) is 2. The smallest absolute Gasteiger partial charge is 0.311 e. The maximum Gasteiger partial charge on any atom is 0.311 e. The molecule has 0 aliphatic carbocycles. The van der Waals surface area contributed by atoms with Crippen molar-refractivity contribution in [3.63, 3.8) is 0 Å². The molecule has 0 saturated carbocycles. The third kappa shape index (κ3) is 12.8. The van der Waals surface area contributed by atoms with Crippen LogP contribution in [-0.2, 0) is 4.79 Å². The fourth-order valence-electron chi connectivity index (χ4n) is 3.56. The predicted molar refractivity (Wildman–Crippen MR) is 122 cm³/mol. The molecule has 0 unspecified atom stereocenters. The number of esters is 1. The molecule has 1 rings (SSSR count). The highest BCUT2D eigenvalue weighted by Crippen LogP contribution is 2.20. The Bertz CT molecular complexity index is 521. The van der Waals surface area contributed by atoms with Crippen LogP contribution in [-0.4, -0.2) is 5.97 Å². The van der Waals surface area contributed by atoms with Crippen LogP contribution in [0.25, 0.3) is 6.08 Å². The van der Waals surface area contributed by atoms with Crippen LogP contribution in [0.15, 0.2) is 30.8 Å². The van der Waals surface area contributed by atoms with Crippen LogP contribution < -0.4 is 4.74 Å². The first-order chi connectivity index (χ1) is 13.8. The molecule has 0 atom stereocenters. The number of carbonyl (C=O) groups is 1. The second-order valence-electron chi connectivity index (χ2n) is 7.92. The van der Waals surface area contributed by atoms with Gasteiger partial charge in [0, 0.05) is 12.0 Å². The molecule has 2 heteroatoms. The van der Waals surface area contributed by atoms with Crippen molar-refractivity contribution in [2.24, 2.45) is 0 Å². The summed E-state index contributed by atoms with van der Waals surface area (Å²) in [4.78, 5) is 12.0. The van der Waals surface area contributed by atoms with Gasteiger partial charge in [0.05, 0.1) is 0 Å². The van der Waals surface area contributed by atoms with Gasteiger partial charge in [-0.3, -0.25) is 4.79 Å². The highest BCUT2D eigenvalue weighted by atomic mass is 16.5. The molecule has 158 valence electrons. The maximum atomic E-state index is 12.0. The molecule has 0 fully saturated rings. The summed E-state index contributed by atoms with van der Waals surface area (Å²) in [5.74, 6) is 0.479. The van der Waals surface area contributed by atoms with Gasteiger partial charge < -0.3 is 4.74 Å². The molecule has 0 saturated heterocycles. The van der Waals surface area contributed by atoms with Gasteiger partial charge in [-0.05, 0) is 12.5 Å². The van der Waals surface area contributed by atoms with E-state index in [1.54, 1.807) is 6.08 Å². The topological polar surface area (TPSA) is 26.3 Å². The normalized spacial score (nSPS) is 10.8. The van der Waals surface area contributed by atoms with Crippen LogP contribution in [0.2, 0.25) is 0 Å². The van der Waals surface area contributed by atoms with Crippen molar-refractivity contribution in [1.82, 2.24) is 0 Å². The van der Waals surface area contributed by atoms with Gasteiger partial charge >= 0.3 is 5.97 Å². The Kier molecular flexibility index (Phi) is 15.3. The van der Waals surface area contributed by atoms with E-state index in [2.05, 4.69) is 13.5 Å². The number of carbonyl (C=O) groups excluding carboxylic acids is 1. The number of rotatable bonds is 18. The van der Waals surface area contributed by atoms with Crippen molar-refractivity contribution < 1.29 is 9.53 Å². The number of benzene rings is 1. The first-order valence-corrected chi connectivity index (χ1v) is 11.7. The van der Waals surface area contributed by atoms with E-state index in [0.29, 0.717) is 12.2 Å². The summed E-state index contributed by atoms with van der Waals surface area (Å²) in [6.45, 7) is 6.03. The molecular weight excluding hydrogens is 344 g/mol. The molecule has 0 aliphatic heterocycles. The average Bonchev–Trinajstić information content (AvgIpc) is 2.71. The molecule has 0 radical (unpaired) electrons. The molecule has 1 aromatic rings. The van der Waals surface area contributed by atoms with Gasteiger partial charge in [-0.25, -0.2) is 0 Å². The summed E-state index contributed by atoms with van der Waals surface area (Å²) in [6.07, 6.45) is 22.2. The Morgan fingerprint density at radius 2 is 1.25 bits per heavy atom. The zero-order valence-electron chi connectivity index (χ0n) is 18.2. The van der Waals surface area contributed by atoms with Crippen LogP contribution in [0.4, 0.5) is 0 Å². The van der Waals surface area contributed by atoms with E-state index >= 15 is 0 Å².